The number of benzene rings is 1. The normalized spacial score (nSPS) is 10.2. The summed E-state index contributed by atoms with van der Waals surface area (Å²) in [4.78, 5) is 11.6. The second-order valence-corrected chi connectivity index (χ2v) is 4.08. The molecule has 3 nitrogen and oxygen atoms in total. The number of carbonyl (C=O) groups excluding carboxylic acids is 1. The Balaban J connectivity index is 2.56. The van der Waals surface area contributed by atoms with Crippen molar-refractivity contribution in [2.75, 3.05) is 13.2 Å². The van der Waals surface area contributed by atoms with E-state index in [0.717, 1.165) is 0 Å². The minimum Gasteiger partial charge on any atom is -0.396 e. The van der Waals surface area contributed by atoms with E-state index in [0.29, 0.717) is 19.4 Å². The summed E-state index contributed by atoms with van der Waals surface area (Å²) in [5.74, 6) is -0.771. The number of rotatable bonds is 5. The van der Waals surface area contributed by atoms with E-state index < -0.39 is 5.82 Å². The maximum atomic E-state index is 13.1. The van der Waals surface area contributed by atoms with Gasteiger partial charge in [0.25, 0.3) is 5.91 Å². The summed E-state index contributed by atoms with van der Waals surface area (Å²) in [6, 6.07) is 4.32. The number of halogens is 2. The highest BCUT2D eigenvalue weighted by molar-refractivity contribution is 9.10. The first-order valence-corrected chi connectivity index (χ1v) is 5.79. The van der Waals surface area contributed by atoms with Gasteiger partial charge < -0.3 is 10.4 Å². The quantitative estimate of drug-likeness (QED) is 0.816. The molecule has 0 saturated heterocycles. The number of aliphatic hydroxyl groups is 1. The smallest absolute Gasteiger partial charge is 0.252 e. The first-order valence-electron chi connectivity index (χ1n) is 5.00. The van der Waals surface area contributed by atoms with E-state index in [1.165, 1.54) is 12.1 Å². The molecule has 5 heteroatoms. The van der Waals surface area contributed by atoms with Gasteiger partial charge in [-0.25, -0.2) is 4.39 Å². The van der Waals surface area contributed by atoms with Crippen LogP contribution < -0.4 is 5.32 Å². The Morgan fingerprint density at radius 1 is 1.44 bits per heavy atom. The van der Waals surface area contributed by atoms with Crippen molar-refractivity contribution in [2.24, 2.45) is 0 Å². The highest BCUT2D eigenvalue weighted by Gasteiger charge is 2.11. The Morgan fingerprint density at radius 2 is 2.19 bits per heavy atom. The summed E-state index contributed by atoms with van der Waals surface area (Å²) in [7, 11) is 0. The Kier molecular flexibility index (Phi) is 5.42. The van der Waals surface area contributed by atoms with E-state index in [1.54, 1.807) is 6.07 Å². The van der Waals surface area contributed by atoms with E-state index in [9.17, 15) is 9.18 Å². The standard InChI is InChI=1S/C11H13BrFNO2/c12-10-8(4-3-5-9(10)13)11(16)14-6-1-2-7-15/h3-5,15H,1-2,6-7H2,(H,14,16). The molecule has 0 aliphatic heterocycles. The van der Waals surface area contributed by atoms with Crippen molar-refractivity contribution in [3.05, 3.63) is 34.1 Å². The third-order valence-electron chi connectivity index (χ3n) is 2.07. The molecule has 0 saturated carbocycles. The number of nitrogens with one attached hydrogen (secondary N) is 1. The maximum absolute atomic E-state index is 13.1. The fourth-order valence-corrected chi connectivity index (χ4v) is 1.66. The summed E-state index contributed by atoms with van der Waals surface area (Å²) >= 11 is 3.03. The average Bonchev–Trinajstić information content (AvgIpc) is 2.28. The van der Waals surface area contributed by atoms with Crippen LogP contribution >= 0.6 is 15.9 Å². The van der Waals surface area contributed by atoms with Gasteiger partial charge in [0.15, 0.2) is 0 Å². The summed E-state index contributed by atoms with van der Waals surface area (Å²) in [6.07, 6.45) is 1.35. The largest absolute Gasteiger partial charge is 0.396 e. The van der Waals surface area contributed by atoms with Crippen LogP contribution in [-0.2, 0) is 0 Å². The number of amides is 1. The molecule has 0 aromatic heterocycles. The average molecular weight is 290 g/mol. The number of hydrogen-bond donors (Lipinski definition) is 2. The van der Waals surface area contributed by atoms with Crippen LogP contribution in [0, 0.1) is 5.82 Å². The minimum absolute atomic E-state index is 0.111. The first-order chi connectivity index (χ1) is 7.66. The highest BCUT2D eigenvalue weighted by atomic mass is 79.9. The molecule has 1 amide bonds. The van der Waals surface area contributed by atoms with Gasteiger partial charge in [-0.3, -0.25) is 4.79 Å². The van der Waals surface area contributed by atoms with Crippen LogP contribution in [-0.4, -0.2) is 24.2 Å². The molecule has 0 atom stereocenters. The topological polar surface area (TPSA) is 49.3 Å². The van der Waals surface area contributed by atoms with Crippen molar-refractivity contribution < 1.29 is 14.3 Å². The van der Waals surface area contributed by atoms with Gasteiger partial charge in [0.1, 0.15) is 5.82 Å². The zero-order valence-corrected chi connectivity index (χ0v) is 10.3. The maximum Gasteiger partial charge on any atom is 0.252 e. The Hall–Kier alpha value is -0.940. The lowest BCUT2D eigenvalue weighted by Gasteiger charge is -2.06. The monoisotopic (exact) mass is 289 g/mol. The Bertz CT molecular complexity index is 371. The molecule has 0 radical (unpaired) electrons. The molecule has 1 aromatic carbocycles. The van der Waals surface area contributed by atoms with Crippen LogP contribution in [0.5, 0.6) is 0 Å². The van der Waals surface area contributed by atoms with Gasteiger partial charge in [-0.15, -0.1) is 0 Å². The van der Waals surface area contributed by atoms with Crippen LogP contribution in [0.4, 0.5) is 4.39 Å². The predicted molar refractivity (Wildman–Crippen MR) is 62.8 cm³/mol. The van der Waals surface area contributed by atoms with Crippen LogP contribution in [0.1, 0.15) is 23.2 Å². The summed E-state index contributed by atoms with van der Waals surface area (Å²) < 4.78 is 13.3. The van der Waals surface area contributed by atoms with Crippen LogP contribution in [0.25, 0.3) is 0 Å². The van der Waals surface area contributed by atoms with Crippen molar-refractivity contribution >= 4 is 21.8 Å². The highest BCUT2D eigenvalue weighted by Crippen LogP contribution is 2.20. The summed E-state index contributed by atoms with van der Waals surface area (Å²) in [5, 5.41) is 11.2. The molecule has 0 fully saturated rings. The molecule has 16 heavy (non-hydrogen) atoms. The molecule has 1 aromatic rings. The van der Waals surface area contributed by atoms with E-state index in [2.05, 4.69) is 21.2 Å². The van der Waals surface area contributed by atoms with E-state index in [4.69, 9.17) is 5.11 Å². The van der Waals surface area contributed by atoms with Crippen molar-refractivity contribution in [3.63, 3.8) is 0 Å². The summed E-state index contributed by atoms with van der Waals surface area (Å²) in [6.45, 7) is 0.585. The van der Waals surface area contributed by atoms with Gasteiger partial charge in [0, 0.05) is 13.2 Å². The van der Waals surface area contributed by atoms with Gasteiger partial charge in [0.2, 0.25) is 0 Å². The van der Waals surface area contributed by atoms with Crippen LogP contribution in [0.2, 0.25) is 0 Å². The molecule has 88 valence electrons. The molecule has 2 N–H and O–H groups in total. The number of unbranched alkanes of at least 4 members (excludes halogenated alkanes) is 1. The van der Waals surface area contributed by atoms with Gasteiger partial charge in [-0.1, -0.05) is 6.07 Å². The minimum atomic E-state index is -0.456. The Morgan fingerprint density at radius 3 is 2.88 bits per heavy atom. The van der Waals surface area contributed by atoms with E-state index >= 15 is 0 Å². The first kappa shape index (κ1) is 13.1. The molecule has 0 unspecified atom stereocenters. The lowest BCUT2D eigenvalue weighted by Crippen LogP contribution is -2.25. The fourth-order valence-electron chi connectivity index (χ4n) is 1.21. The number of aliphatic hydroxyl groups excluding tert-OH is 1. The zero-order valence-electron chi connectivity index (χ0n) is 8.67. The molecular formula is C11H13BrFNO2. The predicted octanol–water partition coefficient (Wildman–Crippen LogP) is 2.09. The lowest BCUT2D eigenvalue weighted by molar-refractivity contribution is 0.0950. The SMILES string of the molecule is O=C(NCCCCO)c1cccc(F)c1Br. The third kappa shape index (κ3) is 3.57. The van der Waals surface area contributed by atoms with Crippen molar-refractivity contribution in [1.82, 2.24) is 5.32 Å². The summed E-state index contributed by atoms with van der Waals surface area (Å²) in [5.41, 5.74) is 0.281. The molecule has 1 rings (SSSR count). The lowest BCUT2D eigenvalue weighted by atomic mass is 10.2. The van der Waals surface area contributed by atoms with Crippen molar-refractivity contribution in [3.8, 4) is 0 Å². The molecule has 0 spiro atoms. The zero-order chi connectivity index (χ0) is 12.0. The van der Waals surface area contributed by atoms with Crippen LogP contribution in [0.3, 0.4) is 0 Å². The number of carbonyl (C=O) groups is 1. The molecular weight excluding hydrogens is 277 g/mol. The second kappa shape index (κ2) is 6.60. The number of hydrogen-bond acceptors (Lipinski definition) is 2. The Labute approximate surface area is 102 Å². The van der Waals surface area contributed by atoms with Gasteiger partial charge in [0.05, 0.1) is 10.0 Å². The van der Waals surface area contributed by atoms with Gasteiger partial charge >= 0.3 is 0 Å². The molecule has 0 bridgehead atoms. The van der Waals surface area contributed by atoms with Gasteiger partial charge in [-0.05, 0) is 40.9 Å². The van der Waals surface area contributed by atoms with Crippen LogP contribution in [0.15, 0.2) is 22.7 Å². The van der Waals surface area contributed by atoms with Gasteiger partial charge in [-0.2, -0.15) is 0 Å². The van der Waals surface area contributed by atoms with E-state index in [1.807, 2.05) is 0 Å². The molecule has 0 heterocycles. The molecule has 0 aliphatic rings. The van der Waals surface area contributed by atoms with Crippen molar-refractivity contribution in [1.29, 1.82) is 0 Å². The molecule has 0 aliphatic carbocycles. The van der Waals surface area contributed by atoms with E-state index in [-0.39, 0.29) is 22.6 Å². The third-order valence-corrected chi connectivity index (χ3v) is 2.87. The van der Waals surface area contributed by atoms with Crippen molar-refractivity contribution in [2.45, 2.75) is 12.8 Å². The fraction of sp³-hybridized carbons (Fsp3) is 0.364. The second-order valence-electron chi connectivity index (χ2n) is 3.29.